The lowest BCUT2D eigenvalue weighted by Gasteiger charge is -2.14. The Balaban J connectivity index is 2.39. The third-order valence-electron chi connectivity index (χ3n) is 3.01. The first-order valence-corrected chi connectivity index (χ1v) is 6.33. The Morgan fingerprint density at radius 1 is 1.19 bits per heavy atom. The zero-order valence-corrected chi connectivity index (χ0v) is 11.7. The van der Waals surface area contributed by atoms with Crippen molar-refractivity contribution in [3.8, 4) is 11.5 Å². The summed E-state index contributed by atoms with van der Waals surface area (Å²) in [5.74, 6) is 0.548. The number of aromatic nitrogens is 1. The van der Waals surface area contributed by atoms with E-state index in [9.17, 15) is 13.2 Å². The van der Waals surface area contributed by atoms with Crippen LogP contribution in [0.4, 0.5) is 13.2 Å². The van der Waals surface area contributed by atoms with Crippen LogP contribution in [0.15, 0.2) is 30.3 Å². The van der Waals surface area contributed by atoms with Crippen LogP contribution in [0.3, 0.4) is 0 Å². The molecule has 2 aromatic rings. The van der Waals surface area contributed by atoms with Crippen molar-refractivity contribution in [2.75, 3.05) is 0 Å². The van der Waals surface area contributed by atoms with Crippen LogP contribution in [-0.4, -0.2) is 4.98 Å². The van der Waals surface area contributed by atoms with Crippen molar-refractivity contribution < 1.29 is 17.9 Å². The second kappa shape index (κ2) is 5.73. The number of pyridine rings is 1. The summed E-state index contributed by atoms with van der Waals surface area (Å²) in [6.07, 6.45) is -4.40. The molecule has 0 spiro atoms. The third kappa shape index (κ3) is 3.52. The first kappa shape index (κ1) is 15.3. The zero-order valence-electron chi connectivity index (χ0n) is 11.7. The number of halogens is 3. The molecule has 3 nitrogen and oxygen atoms in total. The number of nitrogens with two attached hydrogens (primary N) is 1. The molecule has 0 aliphatic heterocycles. The predicted octanol–water partition coefficient (Wildman–Crippen LogP) is 3.97. The average molecular weight is 296 g/mol. The zero-order chi connectivity index (χ0) is 15.6. The van der Waals surface area contributed by atoms with Crippen molar-refractivity contribution in [2.45, 2.75) is 26.6 Å². The van der Waals surface area contributed by atoms with E-state index in [1.165, 1.54) is 12.1 Å². The third-order valence-corrected chi connectivity index (χ3v) is 3.01. The molecule has 2 N–H and O–H groups in total. The second-order valence-corrected chi connectivity index (χ2v) is 4.66. The molecule has 0 saturated heterocycles. The minimum Gasteiger partial charge on any atom is -0.457 e. The lowest BCUT2D eigenvalue weighted by molar-refractivity contribution is -0.137. The Morgan fingerprint density at radius 3 is 2.52 bits per heavy atom. The van der Waals surface area contributed by atoms with E-state index in [2.05, 4.69) is 4.98 Å². The summed E-state index contributed by atoms with van der Waals surface area (Å²) in [6.45, 7) is 3.77. The van der Waals surface area contributed by atoms with Gasteiger partial charge in [0.1, 0.15) is 11.5 Å². The van der Waals surface area contributed by atoms with Gasteiger partial charge >= 0.3 is 6.18 Å². The fourth-order valence-corrected chi connectivity index (χ4v) is 2.02. The molecule has 0 aliphatic carbocycles. The standard InChI is InChI=1S/C15H15F3N2O/c1-9-6-14(13(8-19)10(2)20-9)21-12-5-3-4-11(7-12)15(16,17)18/h3-7H,8,19H2,1-2H3. The van der Waals surface area contributed by atoms with Gasteiger partial charge in [0.15, 0.2) is 0 Å². The second-order valence-electron chi connectivity index (χ2n) is 4.66. The van der Waals surface area contributed by atoms with Crippen molar-refractivity contribution in [1.82, 2.24) is 4.98 Å². The molecule has 0 aliphatic rings. The normalized spacial score (nSPS) is 11.5. The molecule has 0 bridgehead atoms. The van der Waals surface area contributed by atoms with Crippen molar-refractivity contribution in [2.24, 2.45) is 5.73 Å². The van der Waals surface area contributed by atoms with Crippen molar-refractivity contribution in [3.63, 3.8) is 0 Å². The van der Waals surface area contributed by atoms with Gasteiger partial charge in [0.05, 0.1) is 5.56 Å². The average Bonchev–Trinajstić information content (AvgIpc) is 2.37. The summed E-state index contributed by atoms with van der Waals surface area (Å²) in [6, 6.07) is 6.41. The van der Waals surface area contributed by atoms with E-state index >= 15 is 0 Å². The quantitative estimate of drug-likeness (QED) is 0.932. The molecule has 0 saturated carbocycles. The summed E-state index contributed by atoms with van der Waals surface area (Å²) >= 11 is 0. The maximum absolute atomic E-state index is 12.7. The molecule has 6 heteroatoms. The number of ether oxygens (including phenoxy) is 1. The van der Waals surface area contributed by atoms with Crippen LogP contribution in [0.2, 0.25) is 0 Å². The first-order chi connectivity index (χ1) is 9.81. The molecule has 1 aromatic carbocycles. The number of rotatable bonds is 3. The fraction of sp³-hybridized carbons (Fsp3) is 0.267. The Bertz CT molecular complexity index is 654. The van der Waals surface area contributed by atoms with Crippen LogP contribution < -0.4 is 10.5 Å². The first-order valence-electron chi connectivity index (χ1n) is 6.33. The van der Waals surface area contributed by atoms with Gasteiger partial charge in [0, 0.05) is 29.6 Å². The molecular formula is C15H15F3N2O. The summed E-state index contributed by atoms with van der Waals surface area (Å²) in [4.78, 5) is 4.26. The van der Waals surface area contributed by atoms with E-state index in [1.54, 1.807) is 19.9 Å². The van der Waals surface area contributed by atoms with E-state index in [4.69, 9.17) is 10.5 Å². The highest BCUT2D eigenvalue weighted by Gasteiger charge is 2.30. The number of benzene rings is 1. The SMILES string of the molecule is Cc1cc(Oc2cccc(C(F)(F)F)c2)c(CN)c(C)n1. The minimum atomic E-state index is -4.40. The Labute approximate surface area is 120 Å². The van der Waals surface area contributed by atoms with Gasteiger partial charge in [-0.15, -0.1) is 0 Å². The van der Waals surface area contributed by atoms with Crippen LogP contribution in [0.25, 0.3) is 0 Å². The van der Waals surface area contributed by atoms with Crippen LogP contribution in [0.1, 0.15) is 22.5 Å². The smallest absolute Gasteiger partial charge is 0.416 e. The monoisotopic (exact) mass is 296 g/mol. The van der Waals surface area contributed by atoms with Gasteiger partial charge in [-0.25, -0.2) is 0 Å². The number of alkyl halides is 3. The van der Waals surface area contributed by atoms with Gasteiger partial charge < -0.3 is 10.5 Å². The molecule has 112 valence electrons. The van der Waals surface area contributed by atoms with E-state index < -0.39 is 11.7 Å². The number of hydrogen-bond acceptors (Lipinski definition) is 3. The van der Waals surface area contributed by atoms with Crippen molar-refractivity contribution in [1.29, 1.82) is 0 Å². The molecule has 0 atom stereocenters. The highest BCUT2D eigenvalue weighted by Crippen LogP contribution is 2.33. The minimum absolute atomic E-state index is 0.115. The molecule has 0 fully saturated rings. The number of aryl methyl sites for hydroxylation is 2. The summed E-state index contributed by atoms with van der Waals surface area (Å²) in [7, 11) is 0. The molecule has 2 rings (SSSR count). The molecule has 0 radical (unpaired) electrons. The molecule has 0 unspecified atom stereocenters. The Morgan fingerprint density at radius 2 is 1.90 bits per heavy atom. The van der Waals surface area contributed by atoms with Crippen LogP contribution >= 0.6 is 0 Å². The van der Waals surface area contributed by atoms with E-state index in [0.29, 0.717) is 22.7 Å². The van der Waals surface area contributed by atoms with Gasteiger partial charge in [-0.3, -0.25) is 4.98 Å². The maximum Gasteiger partial charge on any atom is 0.416 e. The molecule has 21 heavy (non-hydrogen) atoms. The van der Waals surface area contributed by atoms with Crippen molar-refractivity contribution in [3.05, 3.63) is 52.8 Å². The lowest BCUT2D eigenvalue weighted by atomic mass is 10.1. The van der Waals surface area contributed by atoms with Crippen LogP contribution in [0, 0.1) is 13.8 Å². The molecular weight excluding hydrogens is 281 g/mol. The molecule has 0 amide bonds. The van der Waals surface area contributed by atoms with E-state index in [0.717, 1.165) is 12.1 Å². The molecule has 1 heterocycles. The summed E-state index contributed by atoms with van der Waals surface area (Å²) < 4.78 is 43.7. The van der Waals surface area contributed by atoms with E-state index in [1.807, 2.05) is 0 Å². The predicted molar refractivity (Wildman–Crippen MR) is 73.1 cm³/mol. The fourth-order valence-electron chi connectivity index (χ4n) is 2.02. The highest BCUT2D eigenvalue weighted by atomic mass is 19.4. The molecule has 1 aromatic heterocycles. The van der Waals surface area contributed by atoms with Crippen LogP contribution in [0.5, 0.6) is 11.5 Å². The van der Waals surface area contributed by atoms with Gasteiger partial charge in [-0.1, -0.05) is 6.07 Å². The van der Waals surface area contributed by atoms with Gasteiger partial charge in [0.25, 0.3) is 0 Å². The Hall–Kier alpha value is -2.08. The maximum atomic E-state index is 12.7. The Kier molecular flexibility index (Phi) is 4.18. The highest BCUT2D eigenvalue weighted by molar-refractivity contribution is 5.42. The number of nitrogens with zero attached hydrogens (tertiary/aromatic N) is 1. The summed E-state index contributed by atoms with van der Waals surface area (Å²) in [5.41, 5.74) is 7.00. The van der Waals surface area contributed by atoms with Gasteiger partial charge in [0.2, 0.25) is 0 Å². The topological polar surface area (TPSA) is 48.1 Å². The van der Waals surface area contributed by atoms with Crippen LogP contribution in [-0.2, 0) is 12.7 Å². The largest absolute Gasteiger partial charge is 0.457 e. The lowest BCUT2D eigenvalue weighted by Crippen LogP contribution is -2.06. The number of hydrogen-bond donors (Lipinski definition) is 1. The summed E-state index contributed by atoms with van der Waals surface area (Å²) in [5, 5.41) is 0. The van der Waals surface area contributed by atoms with E-state index in [-0.39, 0.29) is 12.3 Å². The van der Waals surface area contributed by atoms with Crippen molar-refractivity contribution >= 4 is 0 Å². The van der Waals surface area contributed by atoms with Gasteiger partial charge in [-0.05, 0) is 32.0 Å². The van der Waals surface area contributed by atoms with Gasteiger partial charge in [-0.2, -0.15) is 13.2 Å².